The van der Waals surface area contributed by atoms with E-state index in [0.29, 0.717) is 0 Å². The molecule has 0 amide bonds. The third-order valence-corrected chi connectivity index (χ3v) is 4.29. The molecule has 0 bridgehead atoms. The first-order chi connectivity index (χ1) is 6.13. The number of fused-ring (bicyclic) bond motifs is 1. The highest BCUT2D eigenvalue weighted by Crippen LogP contribution is 2.40. The van der Waals surface area contributed by atoms with Crippen LogP contribution in [0.2, 0.25) is 0 Å². The lowest BCUT2D eigenvalue weighted by atomic mass is 10.0. The zero-order valence-corrected chi connectivity index (χ0v) is 10.1. The van der Waals surface area contributed by atoms with Crippen molar-refractivity contribution in [3.63, 3.8) is 0 Å². The van der Waals surface area contributed by atoms with Gasteiger partial charge >= 0.3 is 0 Å². The van der Waals surface area contributed by atoms with Crippen molar-refractivity contribution in [2.45, 2.75) is 12.1 Å². The van der Waals surface area contributed by atoms with Crippen LogP contribution >= 0.6 is 44.0 Å². The first kappa shape index (κ1) is 10.1. The Bertz CT molecular complexity index is 288. The second kappa shape index (κ2) is 3.62. The maximum absolute atomic E-state index is 13.2. The quantitative estimate of drug-likeness (QED) is 0.666. The summed E-state index contributed by atoms with van der Waals surface area (Å²) in [6, 6.07) is -0.502. The van der Waals surface area contributed by atoms with Crippen LogP contribution in [0.3, 0.4) is 0 Å². The molecule has 0 aromatic heterocycles. The fourth-order valence-electron chi connectivity index (χ4n) is 1.18. The van der Waals surface area contributed by atoms with Gasteiger partial charge in [0.1, 0.15) is 0 Å². The molecule has 72 valence electrons. The number of hydrogen-bond acceptors (Lipinski definition) is 3. The topological polar surface area (TPSA) is 24.1 Å². The summed E-state index contributed by atoms with van der Waals surface area (Å²) in [6.45, 7) is 0. The minimum absolute atomic E-state index is 0.218. The number of allylic oxidation sites excluding steroid dienone is 2. The summed E-state index contributed by atoms with van der Waals surface area (Å²) in [7, 11) is 0. The van der Waals surface area contributed by atoms with Crippen molar-refractivity contribution >= 4 is 44.0 Å². The molecule has 1 heterocycles. The van der Waals surface area contributed by atoms with Gasteiger partial charge < -0.3 is 0 Å². The molecule has 2 N–H and O–H groups in total. The van der Waals surface area contributed by atoms with Crippen LogP contribution in [0.1, 0.15) is 0 Å². The Kier molecular flexibility index (Phi) is 2.81. The van der Waals surface area contributed by atoms with E-state index in [0.717, 1.165) is 0 Å². The van der Waals surface area contributed by atoms with Gasteiger partial charge in [-0.2, -0.15) is 0 Å². The number of hydrogen-bond donors (Lipinski definition) is 2. The van der Waals surface area contributed by atoms with Crippen molar-refractivity contribution in [3.8, 4) is 0 Å². The van der Waals surface area contributed by atoms with Gasteiger partial charge in [-0.25, -0.2) is 18.2 Å². The monoisotopic (exact) mass is 332 g/mol. The van der Waals surface area contributed by atoms with Gasteiger partial charge in [-0.15, -0.1) is 0 Å². The van der Waals surface area contributed by atoms with E-state index >= 15 is 0 Å². The standard InChI is InChI=1S/C6H4Br2F2N2S/c7-1-3(9)4(10)2(8)6-5(1)11-13-12-6/h5-6,11-12H. The number of halogens is 4. The molecule has 0 radical (unpaired) electrons. The van der Waals surface area contributed by atoms with Crippen molar-refractivity contribution in [2.75, 3.05) is 0 Å². The molecule has 13 heavy (non-hydrogen) atoms. The summed E-state index contributed by atoms with van der Waals surface area (Å²) in [4.78, 5) is 0. The van der Waals surface area contributed by atoms with E-state index in [-0.39, 0.29) is 21.0 Å². The maximum Gasteiger partial charge on any atom is 0.171 e. The van der Waals surface area contributed by atoms with Gasteiger partial charge in [-0.3, -0.25) is 0 Å². The molecule has 1 fully saturated rings. The predicted octanol–water partition coefficient (Wildman–Crippen LogP) is 2.65. The highest BCUT2D eigenvalue weighted by atomic mass is 79.9. The van der Waals surface area contributed by atoms with Crippen molar-refractivity contribution in [1.29, 1.82) is 0 Å². The highest BCUT2D eigenvalue weighted by Gasteiger charge is 2.40. The summed E-state index contributed by atoms with van der Waals surface area (Å²) in [5.41, 5.74) is 0. The second-order valence-electron chi connectivity index (χ2n) is 2.62. The minimum atomic E-state index is -0.843. The van der Waals surface area contributed by atoms with Crippen LogP contribution in [-0.4, -0.2) is 12.1 Å². The minimum Gasteiger partial charge on any atom is -0.241 e. The molecule has 7 heteroatoms. The van der Waals surface area contributed by atoms with Gasteiger partial charge in [-0.1, -0.05) is 31.9 Å². The van der Waals surface area contributed by atoms with Crippen molar-refractivity contribution in [3.05, 3.63) is 20.6 Å². The molecule has 0 aromatic rings. The Morgan fingerprint density at radius 2 is 1.38 bits per heavy atom. The molecule has 0 spiro atoms. The van der Waals surface area contributed by atoms with Crippen LogP contribution in [0, 0.1) is 0 Å². The van der Waals surface area contributed by atoms with Crippen LogP contribution in [0.4, 0.5) is 8.78 Å². The van der Waals surface area contributed by atoms with E-state index in [4.69, 9.17) is 0 Å². The first-order valence-corrected chi connectivity index (χ1v) is 5.80. The van der Waals surface area contributed by atoms with E-state index < -0.39 is 11.7 Å². The molecule has 2 aliphatic rings. The van der Waals surface area contributed by atoms with Gasteiger partial charge in [-0.05, 0) is 0 Å². The second-order valence-corrected chi connectivity index (χ2v) is 5.00. The van der Waals surface area contributed by atoms with Crippen LogP contribution in [0.15, 0.2) is 20.6 Å². The van der Waals surface area contributed by atoms with Crippen molar-refractivity contribution in [1.82, 2.24) is 9.44 Å². The van der Waals surface area contributed by atoms with Crippen LogP contribution < -0.4 is 9.44 Å². The summed E-state index contributed by atoms with van der Waals surface area (Å²) >= 11 is 7.27. The van der Waals surface area contributed by atoms with Gasteiger partial charge in [0.05, 0.1) is 21.0 Å². The molecular weight excluding hydrogens is 330 g/mol. The lowest BCUT2D eigenvalue weighted by molar-refractivity contribution is 0.498. The van der Waals surface area contributed by atoms with E-state index in [2.05, 4.69) is 41.3 Å². The predicted molar refractivity (Wildman–Crippen MR) is 55.6 cm³/mol. The van der Waals surface area contributed by atoms with E-state index in [9.17, 15) is 8.78 Å². The average Bonchev–Trinajstić information content (AvgIpc) is 2.59. The Labute approximate surface area is 94.7 Å². The molecule has 2 unspecified atom stereocenters. The van der Waals surface area contributed by atoms with E-state index in [1.165, 1.54) is 12.1 Å². The molecule has 2 nitrogen and oxygen atoms in total. The van der Waals surface area contributed by atoms with Crippen LogP contribution in [0.25, 0.3) is 0 Å². The summed E-state index contributed by atoms with van der Waals surface area (Å²) in [5, 5.41) is 0. The highest BCUT2D eigenvalue weighted by molar-refractivity contribution is 9.12. The molecule has 2 atom stereocenters. The maximum atomic E-state index is 13.2. The molecule has 1 saturated heterocycles. The van der Waals surface area contributed by atoms with Crippen LogP contribution in [-0.2, 0) is 0 Å². The molecule has 1 aliphatic carbocycles. The lowest BCUT2D eigenvalue weighted by Crippen LogP contribution is -2.37. The molecular formula is C6H4Br2F2N2S. The Balaban J connectivity index is 2.47. The molecule has 0 saturated carbocycles. The van der Waals surface area contributed by atoms with Gasteiger partial charge in [0.2, 0.25) is 0 Å². The summed E-state index contributed by atoms with van der Waals surface area (Å²) in [6.07, 6.45) is 0. The smallest absolute Gasteiger partial charge is 0.171 e. The summed E-state index contributed by atoms with van der Waals surface area (Å²) < 4.78 is 32.6. The van der Waals surface area contributed by atoms with Crippen molar-refractivity contribution < 1.29 is 8.78 Å². The number of rotatable bonds is 0. The third-order valence-electron chi connectivity index (χ3n) is 1.86. The SMILES string of the molecule is FC1=C(Br)C2NSNC2C(Br)=C1F. The summed E-state index contributed by atoms with van der Waals surface area (Å²) in [5.74, 6) is -1.69. The zero-order chi connectivity index (χ0) is 9.59. The van der Waals surface area contributed by atoms with Crippen LogP contribution in [0.5, 0.6) is 0 Å². The Morgan fingerprint density at radius 3 is 1.77 bits per heavy atom. The molecule has 2 rings (SSSR count). The fourth-order valence-corrected chi connectivity index (χ4v) is 3.41. The fraction of sp³-hybridized carbons (Fsp3) is 0.333. The average molecular weight is 334 g/mol. The largest absolute Gasteiger partial charge is 0.241 e. The molecule has 0 aromatic carbocycles. The van der Waals surface area contributed by atoms with Gasteiger partial charge in [0.25, 0.3) is 0 Å². The molecule has 1 aliphatic heterocycles. The Morgan fingerprint density at radius 1 is 1.00 bits per heavy atom. The van der Waals surface area contributed by atoms with E-state index in [1.54, 1.807) is 0 Å². The first-order valence-electron chi connectivity index (χ1n) is 3.40. The normalized spacial score (nSPS) is 34.2. The zero-order valence-electron chi connectivity index (χ0n) is 6.07. The third kappa shape index (κ3) is 1.50. The lowest BCUT2D eigenvalue weighted by Gasteiger charge is -2.22. The van der Waals surface area contributed by atoms with Crippen molar-refractivity contribution in [2.24, 2.45) is 0 Å². The van der Waals surface area contributed by atoms with Gasteiger partial charge in [0.15, 0.2) is 11.7 Å². The van der Waals surface area contributed by atoms with E-state index in [1.807, 2.05) is 0 Å². The van der Waals surface area contributed by atoms with Gasteiger partial charge in [0, 0.05) is 12.1 Å². The Hall–Kier alpha value is 0.570. The number of nitrogens with one attached hydrogen (secondary N) is 2.